The lowest BCUT2D eigenvalue weighted by Gasteiger charge is -2.05. The molecule has 0 bridgehead atoms. The number of benzene rings is 2. The number of hydrogen-bond acceptors (Lipinski definition) is 6. The molecule has 0 unspecified atom stereocenters. The highest BCUT2D eigenvalue weighted by molar-refractivity contribution is 7.91. The van der Waals surface area contributed by atoms with Gasteiger partial charge in [-0.1, -0.05) is 18.2 Å². The van der Waals surface area contributed by atoms with Crippen LogP contribution < -0.4 is 5.32 Å². The number of rotatable bonds is 7. The predicted molar refractivity (Wildman–Crippen MR) is 98.9 cm³/mol. The molecule has 3 aromatic rings. The number of aromatic nitrogens is 1. The van der Waals surface area contributed by atoms with Gasteiger partial charge in [-0.25, -0.2) is 12.8 Å². The van der Waals surface area contributed by atoms with E-state index in [0.717, 1.165) is 17.7 Å². The van der Waals surface area contributed by atoms with Crippen molar-refractivity contribution in [2.75, 3.05) is 25.6 Å². The summed E-state index contributed by atoms with van der Waals surface area (Å²) in [5, 5.41) is 2.66. The molecule has 1 heterocycles. The Morgan fingerprint density at radius 1 is 1.15 bits per heavy atom. The maximum absolute atomic E-state index is 13.2. The molecule has 8 heteroatoms. The number of nitrogens with one attached hydrogen (secondary N) is 1. The van der Waals surface area contributed by atoms with E-state index in [1.165, 1.54) is 19.2 Å². The van der Waals surface area contributed by atoms with Crippen LogP contribution in [0, 0.1) is 12.7 Å². The fraction of sp³-hybridized carbons (Fsp3) is 0.211. The summed E-state index contributed by atoms with van der Waals surface area (Å²) in [4.78, 5) is 4.17. The molecule has 0 fully saturated rings. The maximum Gasteiger partial charge on any atom is 0.233 e. The summed E-state index contributed by atoms with van der Waals surface area (Å²) in [7, 11) is -2.46. The molecule has 0 saturated heterocycles. The van der Waals surface area contributed by atoms with E-state index < -0.39 is 15.7 Å². The van der Waals surface area contributed by atoms with Gasteiger partial charge in [0.2, 0.25) is 26.6 Å². The van der Waals surface area contributed by atoms with Crippen molar-refractivity contribution in [3.63, 3.8) is 0 Å². The standard InChI is InChI=1S/C19H19FN2O4S/c1-13-5-3-4-6-16(13)17-22-19(18(26-17)21-11-12-25-2)27(23,24)15-9-7-14(20)8-10-15/h3-10,21H,11-12H2,1-2H3. The zero-order valence-electron chi connectivity index (χ0n) is 14.9. The molecule has 0 aliphatic carbocycles. The van der Waals surface area contributed by atoms with Crippen LogP contribution in [0.5, 0.6) is 0 Å². The summed E-state index contributed by atoms with van der Waals surface area (Å²) < 4.78 is 49.9. The van der Waals surface area contributed by atoms with Crippen LogP contribution >= 0.6 is 0 Å². The zero-order valence-corrected chi connectivity index (χ0v) is 15.7. The Hall–Kier alpha value is -2.71. The van der Waals surface area contributed by atoms with Crippen molar-refractivity contribution in [3.05, 3.63) is 59.9 Å². The SMILES string of the molecule is COCCNc1oc(-c2ccccc2C)nc1S(=O)(=O)c1ccc(F)cc1. The van der Waals surface area contributed by atoms with Gasteiger partial charge in [-0.05, 0) is 42.8 Å². The van der Waals surface area contributed by atoms with Crippen LogP contribution in [0.25, 0.3) is 11.5 Å². The van der Waals surface area contributed by atoms with Crippen molar-refractivity contribution >= 4 is 15.7 Å². The first-order valence-corrected chi connectivity index (χ1v) is 9.72. The van der Waals surface area contributed by atoms with Crippen LogP contribution in [0.15, 0.2) is 62.9 Å². The number of methoxy groups -OCH3 is 1. The fourth-order valence-electron chi connectivity index (χ4n) is 2.52. The van der Waals surface area contributed by atoms with E-state index >= 15 is 0 Å². The van der Waals surface area contributed by atoms with Gasteiger partial charge in [-0.2, -0.15) is 4.98 Å². The molecular weight excluding hydrogens is 371 g/mol. The first-order chi connectivity index (χ1) is 12.9. The molecule has 1 aromatic heterocycles. The van der Waals surface area contributed by atoms with Crippen molar-refractivity contribution in [1.82, 2.24) is 4.98 Å². The number of nitrogens with zero attached hydrogens (tertiary/aromatic N) is 1. The Kier molecular flexibility index (Phi) is 5.57. The predicted octanol–water partition coefficient (Wildman–Crippen LogP) is 3.68. The Morgan fingerprint density at radius 3 is 2.52 bits per heavy atom. The summed E-state index contributed by atoms with van der Waals surface area (Å²) in [5.74, 6) is -0.309. The molecule has 0 aliphatic heterocycles. The fourth-order valence-corrected chi connectivity index (χ4v) is 3.80. The third kappa shape index (κ3) is 4.01. The van der Waals surface area contributed by atoms with E-state index in [0.29, 0.717) is 18.7 Å². The molecule has 2 aromatic carbocycles. The highest BCUT2D eigenvalue weighted by Crippen LogP contribution is 2.33. The summed E-state index contributed by atoms with van der Waals surface area (Å²) in [6.45, 7) is 2.58. The molecular formula is C19H19FN2O4S. The van der Waals surface area contributed by atoms with Gasteiger partial charge < -0.3 is 14.5 Å². The molecule has 0 amide bonds. The average Bonchev–Trinajstić information content (AvgIpc) is 3.07. The monoisotopic (exact) mass is 390 g/mol. The number of sulfone groups is 1. The molecule has 0 spiro atoms. The number of aryl methyl sites for hydroxylation is 1. The first kappa shape index (κ1) is 19.1. The van der Waals surface area contributed by atoms with E-state index in [1.807, 2.05) is 25.1 Å². The quantitative estimate of drug-likeness (QED) is 0.490. The molecule has 0 saturated carbocycles. The summed E-state index contributed by atoms with van der Waals surface area (Å²) in [6.07, 6.45) is 0. The number of oxazole rings is 1. The minimum atomic E-state index is -4.00. The van der Waals surface area contributed by atoms with Crippen LogP contribution in [0.1, 0.15) is 5.56 Å². The van der Waals surface area contributed by atoms with E-state index in [4.69, 9.17) is 9.15 Å². The number of ether oxygens (including phenoxy) is 1. The maximum atomic E-state index is 13.2. The molecule has 27 heavy (non-hydrogen) atoms. The van der Waals surface area contributed by atoms with E-state index in [-0.39, 0.29) is 21.7 Å². The summed E-state index contributed by atoms with van der Waals surface area (Å²) in [5.41, 5.74) is 1.58. The van der Waals surface area contributed by atoms with Crippen molar-refractivity contribution in [3.8, 4) is 11.5 Å². The van der Waals surface area contributed by atoms with Gasteiger partial charge >= 0.3 is 0 Å². The molecule has 6 nitrogen and oxygen atoms in total. The second-order valence-electron chi connectivity index (χ2n) is 5.85. The third-order valence-corrected chi connectivity index (χ3v) is 5.62. The normalized spacial score (nSPS) is 11.5. The van der Waals surface area contributed by atoms with E-state index in [9.17, 15) is 12.8 Å². The van der Waals surface area contributed by atoms with Crippen LogP contribution in [-0.2, 0) is 14.6 Å². The molecule has 1 N–H and O–H groups in total. The lowest BCUT2D eigenvalue weighted by atomic mass is 10.1. The van der Waals surface area contributed by atoms with Crippen molar-refractivity contribution in [2.45, 2.75) is 16.8 Å². The molecule has 0 radical (unpaired) electrons. The van der Waals surface area contributed by atoms with Gasteiger partial charge in [0.25, 0.3) is 0 Å². The van der Waals surface area contributed by atoms with Gasteiger partial charge in [0, 0.05) is 19.2 Å². The molecule has 0 aliphatic rings. The number of hydrogen-bond donors (Lipinski definition) is 1. The van der Waals surface area contributed by atoms with Gasteiger partial charge in [0.15, 0.2) is 0 Å². The van der Waals surface area contributed by atoms with E-state index in [1.54, 1.807) is 6.07 Å². The number of halogens is 1. The van der Waals surface area contributed by atoms with Crippen molar-refractivity contribution < 1.29 is 22.0 Å². The van der Waals surface area contributed by atoms with E-state index in [2.05, 4.69) is 10.3 Å². The van der Waals surface area contributed by atoms with Gasteiger partial charge in [-0.15, -0.1) is 0 Å². The summed E-state index contributed by atoms with van der Waals surface area (Å²) >= 11 is 0. The van der Waals surface area contributed by atoms with Crippen LogP contribution in [0.2, 0.25) is 0 Å². The second kappa shape index (κ2) is 7.89. The lowest BCUT2D eigenvalue weighted by molar-refractivity contribution is 0.210. The van der Waals surface area contributed by atoms with Crippen LogP contribution in [0.3, 0.4) is 0 Å². The largest absolute Gasteiger partial charge is 0.419 e. The highest BCUT2D eigenvalue weighted by atomic mass is 32.2. The highest BCUT2D eigenvalue weighted by Gasteiger charge is 2.28. The van der Waals surface area contributed by atoms with Crippen molar-refractivity contribution in [2.24, 2.45) is 0 Å². The Balaban J connectivity index is 2.09. The van der Waals surface area contributed by atoms with Gasteiger partial charge in [-0.3, -0.25) is 0 Å². The third-order valence-electron chi connectivity index (χ3n) is 3.94. The van der Waals surface area contributed by atoms with Crippen molar-refractivity contribution in [1.29, 1.82) is 0 Å². The smallest absolute Gasteiger partial charge is 0.233 e. The minimum absolute atomic E-state index is 0.0228. The molecule has 0 atom stereocenters. The zero-order chi connectivity index (χ0) is 19.4. The number of anilines is 1. The minimum Gasteiger partial charge on any atom is -0.419 e. The Morgan fingerprint density at radius 2 is 1.85 bits per heavy atom. The first-order valence-electron chi connectivity index (χ1n) is 8.24. The Bertz CT molecular complexity index is 1030. The molecule has 3 rings (SSSR count). The Labute approximate surface area is 156 Å². The van der Waals surface area contributed by atoms with Gasteiger partial charge in [0.1, 0.15) is 5.82 Å². The molecule has 142 valence electrons. The lowest BCUT2D eigenvalue weighted by Crippen LogP contribution is -2.11. The van der Waals surface area contributed by atoms with Gasteiger partial charge in [0.05, 0.1) is 11.5 Å². The second-order valence-corrected chi connectivity index (χ2v) is 7.71. The van der Waals surface area contributed by atoms with Crippen LogP contribution in [0.4, 0.5) is 10.3 Å². The summed E-state index contributed by atoms with van der Waals surface area (Å²) in [6, 6.07) is 12.0. The van der Waals surface area contributed by atoms with Crippen LogP contribution in [-0.4, -0.2) is 33.7 Å². The average molecular weight is 390 g/mol. The topological polar surface area (TPSA) is 81.4 Å².